The molecular weight excluding hydrogens is 296 g/mol. The van der Waals surface area contributed by atoms with Crippen molar-refractivity contribution in [1.29, 1.82) is 0 Å². The van der Waals surface area contributed by atoms with Crippen LogP contribution in [0.4, 0.5) is 0 Å². The van der Waals surface area contributed by atoms with Crippen molar-refractivity contribution < 1.29 is 0 Å². The first-order chi connectivity index (χ1) is 8.00. The van der Waals surface area contributed by atoms with Gasteiger partial charge in [0, 0.05) is 14.9 Å². The van der Waals surface area contributed by atoms with Crippen LogP contribution < -0.4 is 0 Å². The highest BCUT2D eigenvalue weighted by Crippen LogP contribution is 2.49. The van der Waals surface area contributed by atoms with E-state index in [-0.39, 0.29) is 5.41 Å². The van der Waals surface area contributed by atoms with E-state index < -0.39 is 0 Å². The molecule has 0 atom stereocenters. The lowest BCUT2D eigenvalue weighted by Gasteiger charge is -2.21. The molecule has 0 nitrogen and oxygen atoms in total. The maximum atomic E-state index is 6.10. The average molecular weight is 308 g/mol. The van der Waals surface area contributed by atoms with E-state index >= 15 is 0 Å². The van der Waals surface area contributed by atoms with Gasteiger partial charge in [0.25, 0.3) is 0 Å². The minimum Gasteiger partial charge on any atom is -0.0843 e. The Morgan fingerprint density at radius 1 is 0.941 bits per heavy atom. The number of halogens is 2. The Kier molecular flexibility index (Phi) is 2.39. The van der Waals surface area contributed by atoms with Crippen LogP contribution in [0, 0.1) is 0 Å². The zero-order valence-corrected chi connectivity index (χ0v) is 12.1. The minimum absolute atomic E-state index is 0.0546. The standard InChI is InChI=1S/C15H12BrCl/c1-15(2)13-6-4-10(17)8-12(13)11-5-3-9(16)7-14(11)15/h3-8H,1-2H3. The molecule has 86 valence electrons. The first kappa shape index (κ1) is 11.3. The monoisotopic (exact) mass is 306 g/mol. The molecular formula is C15H12BrCl. The van der Waals surface area contributed by atoms with Crippen molar-refractivity contribution in [2.24, 2.45) is 0 Å². The fourth-order valence-electron chi connectivity index (χ4n) is 2.70. The molecule has 17 heavy (non-hydrogen) atoms. The second-order valence-corrected chi connectivity index (χ2v) is 6.36. The van der Waals surface area contributed by atoms with Gasteiger partial charge in [-0.05, 0) is 46.5 Å². The predicted molar refractivity (Wildman–Crippen MR) is 76.7 cm³/mol. The van der Waals surface area contributed by atoms with Gasteiger partial charge in [0.15, 0.2) is 0 Å². The molecule has 0 saturated carbocycles. The number of fused-ring (bicyclic) bond motifs is 3. The highest BCUT2D eigenvalue weighted by Gasteiger charge is 2.35. The third kappa shape index (κ3) is 1.56. The SMILES string of the molecule is CC1(C)c2ccc(Cl)cc2-c2ccc(Br)cc21. The van der Waals surface area contributed by atoms with Gasteiger partial charge in [0.05, 0.1) is 0 Å². The van der Waals surface area contributed by atoms with Crippen molar-refractivity contribution in [3.05, 3.63) is 57.0 Å². The molecule has 2 aromatic carbocycles. The highest BCUT2D eigenvalue weighted by molar-refractivity contribution is 9.10. The van der Waals surface area contributed by atoms with Crippen LogP contribution >= 0.6 is 27.5 Å². The normalized spacial score (nSPS) is 15.5. The van der Waals surface area contributed by atoms with Gasteiger partial charge in [0.2, 0.25) is 0 Å². The van der Waals surface area contributed by atoms with Gasteiger partial charge in [-0.15, -0.1) is 0 Å². The van der Waals surface area contributed by atoms with Crippen LogP contribution in [0.5, 0.6) is 0 Å². The molecule has 3 rings (SSSR count). The summed E-state index contributed by atoms with van der Waals surface area (Å²) in [6, 6.07) is 12.7. The highest BCUT2D eigenvalue weighted by atomic mass is 79.9. The predicted octanol–water partition coefficient (Wildman–Crippen LogP) is 5.41. The molecule has 1 aliphatic carbocycles. The summed E-state index contributed by atoms with van der Waals surface area (Å²) in [5.74, 6) is 0. The van der Waals surface area contributed by atoms with Crippen LogP contribution in [0.15, 0.2) is 40.9 Å². The van der Waals surface area contributed by atoms with E-state index in [9.17, 15) is 0 Å². The minimum atomic E-state index is 0.0546. The molecule has 0 amide bonds. The van der Waals surface area contributed by atoms with Crippen LogP contribution in [0.2, 0.25) is 5.02 Å². The third-order valence-electron chi connectivity index (χ3n) is 3.60. The molecule has 0 fully saturated rings. The Bertz CT molecular complexity index is 614. The lowest BCUT2D eigenvalue weighted by Crippen LogP contribution is -2.14. The molecule has 0 N–H and O–H groups in total. The molecule has 2 heteroatoms. The topological polar surface area (TPSA) is 0 Å². The lowest BCUT2D eigenvalue weighted by atomic mass is 9.82. The molecule has 0 radical (unpaired) electrons. The molecule has 0 unspecified atom stereocenters. The number of benzene rings is 2. The van der Waals surface area contributed by atoms with Crippen LogP contribution in [-0.2, 0) is 5.41 Å². The Morgan fingerprint density at radius 3 is 2.47 bits per heavy atom. The Labute approximate surface area is 115 Å². The number of rotatable bonds is 0. The van der Waals surface area contributed by atoms with Crippen molar-refractivity contribution >= 4 is 27.5 Å². The molecule has 0 aromatic heterocycles. The van der Waals surface area contributed by atoms with E-state index in [4.69, 9.17) is 11.6 Å². The summed E-state index contributed by atoms with van der Waals surface area (Å²) >= 11 is 9.65. The molecule has 0 spiro atoms. The summed E-state index contributed by atoms with van der Waals surface area (Å²) in [6.45, 7) is 4.52. The zero-order valence-electron chi connectivity index (χ0n) is 9.72. The fourth-order valence-corrected chi connectivity index (χ4v) is 3.23. The van der Waals surface area contributed by atoms with E-state index in [1.54, 1.807) is 0 Å². The molecule has 0 saturated heterocycles. The van der Waals surface area contributed by atoms with Crippen molar-refractivity contribution in [2.45, 2.75) is 19.3 Å². The van der Waals surface area contributed by atoms with Crippen molar-refractivity contribution in [2.75, 3.05) is 0 Å². The van der Waals surface area contributed by atoms with Crippen LogP contribution in [-0.4, -0.2) is 0 Å². The van der Waals surface area contributed by atoms with Gasteiger partial charge in [-0.2, -0.15) is 0 Å². The largest absolute Gasteiger partial charge is 0.0843 e. The summed E-state index contributed by atoms with van der Waals surface area (Å²) in [6.07, 6.45) is 0. The van der Waals surface area contributed by atoms with E-state index in [2.05, 4.69) is 60.1 Å². The van der Waals surface area contributed by atoms with Gasteiger partial charge < -0.3 is 0 Å². The zero-order chi connectivity index (χ0) is 12.2. The Morgan fingerprint density at radius 2 is 1.71 bits per heavy atom. The van der Waals surface area contributed by atoms with Gasteiger partial charge in [0.1, 0.15) is 0 Å². The summed E-state index contributed by atoms with van der Waals surface area (Å²) in [4.78, 5) is 0. The molecule has 0 bridgehead atoms. The molecule has 0 aliphatic heterocycles. The van der Waals surface area contributed by atoms with Crippen molar-refractivity contribution in [3.8, 4) is 11.1 Å². The van der Waals surface area contributed by atoms with E-state index in [1.807, 2.05) is 6.07 Å². The van der Waals surface area contributed by atoms with Crippen LogP contribution in [0.3, 0.4) is 0 Å². The Balaban J connectivity index is 2.38. The smallest absolute Gasteiger partial charge is 0.0412 e. The summed E-state index contributed by atoms with van der Waals surface area (Å²) in [5, 5.41) is 0.801. The summed E-state index contributed by atoms with van der Waals surface area (Å²) in [7, 11) is 0. The average Bonchev–Trinajstić information content (AvgIpc) is 2.48. The van der Waals surface area contributed by atoms with Gasteiger partial charge in [-0.3, -0.25) is 0 Å². The third-order valence-corrected chi connectivity index (χ3v) is 4.33. The van der Waals surface area contributed by atoms with Crippen molar-refractivity contribution in [1.82, 2.24) is 0 Å². The molecule has 0 heterocycles. The molecule has 2 aromatic rings. The second-order valence-electron chi connectivity index (χ2n) is 5.00. The quantitative estimate of drug-likeness (QED) is 0.610. The number of hydrogen-bond donors (Lipinski definition) is 0. The molecule has 1 aliphatic rings. The first-order valence-electron chi connectivity index (χ1n) is 5.60. The summed E-state index contributed by atoms with van der Waals surface area (Å²) in [5.41, 5.74) is 5.35. The first-order valence-corrected chi connectivity index (χ1v) is 6.77. The van der Waals surface area contributed by atoms with E-state index in [0.29, 0.717) is 0 Å². The maximum Gasteiger partial charge on any atom is 0.0412 e. The Hall–Kier alpha value is -0.790. The number of hydrogen-bond acceptors (Lipinski definition) is 0. The maximum absolute atomic E-state index is 6.10. The van der Waals surface area contributed by atoms with E-state index in [0.717, 1.165) is 9.50 Å². The van der Waals surface area contributed by atoms with Crippen LogP contribution in [0.25, 0.3) is 11.1 Å². The van der Waals surface area contributed by atoms with E-state index in [1.165, 1.54) is 22.3 Å². The van der Waals surface area contributed by atoms with Crippen molar-refractivity contribution in [3.63, 3.8) is 0 Å². The van der Waals surface area contributed by atoms with Gasteiger partial charge in [-0.25, -0.2) is 0 Å². The fraction of sp³-hybridized carbons (Fsp3) is 0.200. The van der Waals surface area contributed by atoms with Crippen LogP contribution in [0.1, 0.15) is 25.0 Å². The lowest BCUT2D eigenvalue weighted by molar-refractivity contribution is 0.660. The summed E-state index contributed by atoms with van der Waals surface area (Å²) < 4.78 is 1.13. The second kappa shape index (κ2) is 3.60. The van der Waals surface area contributed by atoms with Gasteiger partial charge >= 0.3 is 0 Å². The van der Waals surface area contributed by atoms with Gasteiger partial charge in [-0.1, -0.05) is 53.5 Å².